The van der Waals surface area contributed by atoms with Crippen LogP contribution in [0.2, 0.25) is 0 Å². The first kappa shape index (κ1) is 16.7. The van der Waals surface area contributed by atoms with Crippen LogP contribution in [-0.2, 0) is 9.53 Å². The summed E-state index contributed by atoms with van der Waals surface area (Å²) in [5.41, 5.74) is 8.63. The van der Waals surface area contributed by atoms with Gasteiger partial charge in [0.25, 0.3) is 5.91 Å². The van der Waals surface area contributed by atoms with Crippen LogP contribution in [0.15, 0.2) is 35.5 Å². The fourth-order valence-electron chi connectivity index (χ4n) is 3.23. The Morgan fingerprint density at radius 2 is 2.12 bits per heavy atom. The van der Waals surface area contributed by atoms with E-state index in [9.17, 15) is 4.79 Å². The Kier molecular flexibility index (Phi) is 4.69. The molecule has 6 heteroatoms. The first-order valence-electron chi connectivity index (χ1n) is 8.34. The van der Waals surface area contributed by atoms with Gasteiger partial charge in [0.05, 0.1) is 12.2 Å². The van der Waals surface area contributed by atoms with Crippen LogP contribution in [-0.4, -0.2) is 30.3 Å². The fraction of sp³-hybridized carbons (Fsp3) is 0.444. The molecule has 2 heterocycles. The monoisotopic (exact) mass is 328 g/mol. The number of hydrogen-bond acceptors (Lipinski definition) is 5. The van der Waals surface area contributed by atoms with Crippen molar-refractivity contribution >= 4 is 17.3 Å². The van der Waals surface area contributed by atoms with Gasteiger partial charge in [-0.2, -0.15) is 0 Å². The van der Waals surface area contributed by atoms with E-state index in [0.717, 1.165) is 18.5 Å². The zero-order chi connectivity index (χ0) is 17.3. The number of ether oxygens (including phenoxy) is 1. The Bertz CT molecular complexity index is 681. The molecule has 5 N–H and O–H groups in total. The molecule has 0 saturated carbocycles. The number of carbonyl (C=O) groups excluding carboxylic acids is 1. The van der Waals surface area contributed by atoms with Crippen LogP contribution < -0.4 is 16.4 Å². The van der Waals surface area contributed by atoms with Gasteiger partial charge in [-0.05, 0) is 43.0 Å². The molecule has 0 unspecified atom stereocenters. The number of rotatable bonds is 5. The van der Waals surface area contributed by atoms with Crippen LogP contribution in [0.25, 0.3) is 0 Å². The molecule has 0 aliphatic carbocycles. The van der Waals surface area contributed by atoms with Crippen molar-refractivity contribution in [1.82, 2.24) is 5.32 Å². The summed E-state index contributed by atoms with van der Waals surface area (Å²) in [7, 11) is 0. The summed E-state index contributed by atoms with van der Waals surface area (Å²) in [5, 5.41) is 14.0. The highest BCUT2D eigenvalue weighted by Gasteiger charge is 2.41. The molecule has 6 nitrogen and oxygen atoms in total. The number of hydrogen-bond donors (Lipinski definition) is 4. The summed E-state index contributed by atoms with van der Waals surface area (Å²) in [6.07, 6.45) is 2.02. The molecule has 1 amide bonds. The molecule has 0 radical (unpaired) electrons. The molecule has 3 rings (SSSR count). The van der Waals surface area contributed by atoms with Gasteiger partial charge in [0, 0.05) is 24.0 Å². The van der Waals surface area contributed by atoms with Gasteiger partial charge in [-0.1, -0.05) is 19.1 Å². The second kappa shape index (κ2) is 6.75. The molecule has 0 aromatic heterocycles. The summed E-state index contributed by atoms with van der Waals surface area (Å²) < 4.78 is 5.97. The van der Waals surface area contributed by atoms with E-state index in [1.165, 1.54) is 0 Å². The van der Waals surface area contributed by atoms with Crippen LogP contribution in [0, 0.1) is 5.41 Å². The maximum absolute atomic E-state index is 12.2. The Morgan fingerprint density at radius 1 is 1.42 bits per heavy atom. The Morgan fingerprint density at radius 3 is 2.67 bits per heavy atom. The van der Waals surface area contributed by atoms with Gasteiger partial charge in [-0.3, -0.25) is 4.79 Å². The Labute approximate surface area is 142 Å². The SMILES string of the molecule is CCC(=N)/C(C)=C(\N)C(=O)Nc1ccc([C@H]2O[C@@H]3CN[C@H]2C3)cc1. The van der Waals surface area contributed by atoms with Gasteiger partial charge >= 0.3 is 0 Å². The molecule has 0 spiro atoms. The topological polar surface area (TPSA) is 100 Å². The van der Waals surface area contributed by atoms with E-state index in [1.54, 1.807) is 6.92 Å². The van der Waals surface area contributed by atoms with Crippen LogP contribution in [0.3, 0.4) is 0 Å². The third-order valence-electron chi connectivity index (χ3n) is 4.78. The highest BCUT2D eigenvalue weighted by atomic mass is 16.5. The van der Waals surface area contributed by atoms with Gasteiger partial charge in [-0.25, -0.2) is 0 Å². The zero-order valence-corrected chi connectivity index (χ0v) is 14.1. The van der Waals surface area contributed by atoms with Crippen molar-refractivity contribution in [2.75, 3.05) is 11.9 Å². The minimum absolute atomic E-state index is 0.0886. The standard InChI is InChI=1S/C18H24N4O2/c1-3-14(19)10(2)16(20)18(23)22-12-6-4-11(5-7-12)17-15-8-13(24-17)9-21-15/h4-7,13,15,17,19,21H,3,8-9,20H2,1-2H3,(H,22,23)/b16-10-,19-14?/t13-,15-,17+/m0/s1. The summed E-state index contributed by atoms with van der Waals surface area (Å²) in [6, 6.07) is 8.05. The van der Waals surface area contributed by atoms with Crippen LogP contribution in [0.1, 0.15) is 38.4 Å². The van der Waals surface area contributed by atoms with Gasteiger partial charge in [0.1, 0.15) is 5.70 Å². The lowest BCUT2D eigenvalue weighted by Gasteiger charge is -2.23. The lowest BCUT2D eigenvalue weighted by atomic mass is 10.0. The lowest BCUT2D eigenvalue weighted by molar-refractivity contribution is -0.112. The molecule has 128 valence electrons. The van der Waals surface area contributed by atoms with E-state index in [-0.39, 0.29) is 17.7 Å². The molecule has 2 fully saturated rings. The number of morpholine rings is 1. The maximum atomic E-state index is 12.2. The van der Waals surface area contributed by atoms with Crippen molar-refractivity contribution in [3.63, 3.8) is 0 Å². The zero-order valence-electron chi connectivity index (χ0n) is 14.1. The third kappa shape index (κ3) is 3.20. The molecule has 2 aliphatic heterocycles. The number of nitrogens with one attached hydrogen (secondary N) is 3. The minimum Gasteiger partial charge on any atom is -0.394 e. The molecule has 1 aromatic rings. The number of nitrogens with two attached hydrogens (primary N) is 1. The van der Waals surface area contributed by atoms with Crippen molar-refractivity contribution in [1.29, 1.82) is 5.41 Å². The van der Waals surface area contributed by atoms with E-state index >= 15 is 0 Å². The predicted molar refractivity (Wildman–Crippen MR) is 94.0 cm³/mol. The minimum atomic E-state index is -0.378. The highest BCUT2D eigenvalue weighted by Crippen LogP contribution is 2.37. The van der Waals surface area contributed by atoms with Gasteiger partial charge in [0.15, 0.2) is 0 Å². The summed E-state index contributed by atoms with van der Waals surface area (Å²) in [6.45, 7) is 4.50. The molecule has 24 heavy (non-hydrogen) atoms. The summed E-state index contributed by atoms with van der Waals surface area (Å²) in [5.74, 6) is -0.378. The largest absolute Gasteiger partial charge is 0.394 e. The molecular formula is C18H24N4O2. The molecule has 2 saturated heterocycles. The molecule has 2 aliphatic rings. The van der Waals surface area contributed by atoms with Gasteiger partial charge < -0.3 is 26.5 Å². The molecule has 2 bridgehead atoms. The number of amides is 1. The highest BCUT2D eigenvalue weighted by molar-refractivity contribution is 6.10. The molecule has 1 aromatic carbocycles. The summed E-state index contributed by atoms with van der Waals surface area (Å²) in [4.78, 5) is 12.2. The molecular weight excluding hydrogens is 304 g/mol. The summed E-state index contributed by atoms with van der Waals surface area (Å²) >= 11 is 0. The van der Waals surface area contributed by atoms with E-state index in [2.05, 4.69) is 10.6 Å². The first-order chi connectivity index (χ1) is 11.5. The van der Waals surface area contributed by atoms with Crippen LogP contribution in [0.5, 0.6) is 0 Å². The smallest absolute Gasteiger partial charge is 0.271 e. The number of allylic oxidation sites excluding steroid dienone is 1. The quantitative estimate of drug-likeness (QED) is 0.491. The lowest BCUT2D eigenvalue weighted by Crippen LogP contribution is -2.33. The van der Waals surface area contributed by atoms with Crippen LogP contribution >= 0.6 is 0 Å². The van der Waals surface area contributed by atoms with Crippen molar-refractivity contribution in [3.8, 4) is 0 Å². The normalized spacial score (nSPS) is 26.2. The van der Waals surface area contributed by atoms with Crippen LogP contribution in [0.4, 0.5) is 5.69 Å². The predicted octanol–water partition coefficient (Wildman–Crippen LogP) is 2.09. The van der Waals surface area contributed by atoms with E-state index in [4.69, 9.17) is 15.9 Å². The number of carbonyl (C=O) groups is 1. The average molecular weight is 328 g/mol. The van der Waals surface area contributed by atoms with Crippen molar-refractivity contribution < 1.29 is 9.53 Å². The van der Waals surface area contributed by atoms with Crippen molar-refractivity contribution in [3.05, 3.63) is 41.1 Å². The molecule has 3 atom stereocenters. The average Bonchev–Trinajstić information content (AvgIpc) is 3.23. The Balaban J connectivity index is 1.66. The van der Waals surface area contributed by atoms with E-state index < -0.39 is 0 Å². The number of benzene rings is 1. The fourth-order valence-corrected chi connectivity index (χ4v) is 3.23. The van der Waals surface area contributed by atoms with Crippen molar-refractivity contribution in [2.45, 2.75) is 44.9 Å². The number of fused-ring (bicyclic) bond motifs is 2. The second-order valence-corrected chi connectivity index (χ2v) is 6.38. The number of anilines is 1. The Hall–Kier alpha value is -2.18. The van der Waals surface area contributed by atoms with E-state index in [1.807, 2.05) is 31.2 Å². The maximum Gasteiger partial charge on any atom is 0.271 e. The van der Waals surface area contributed by atoms with Crippen molar-refractivity contribution in [2.24, 2.45) is 5.73 Å². The van der Waals surface area contributed by atoms with E-state index in [0.29, 0.717) is 35.5 Å². The van der Waals surface area contributed by atoms with Gasteiger partial charge in [0.2, 0.25) is 0 Å². The third-order valence-corrected chi connectivity index (χ3v) is 4.78. The van der Waals surface area contributed by atoms with Gasteiger partial charge in [-0.15, -0.1) is 0 Å². The first-order valence-corrected chi connectivity index (χ1v) is 8.34. The second-order valence-electron chi connectivity index (χ2n) is 6.38.